The zero-order valence-corrected chi connectivity index (χ0v) is 11.4. The average Bonchev–Trinajstić information content (AvgIpc) is 2.90. The molecule has 4 heteroatoms. The lowest BCUT2D eigenvalue weighted by molar-refractivity contribution is 0.414. The van der Waals surface area contributed by atoms with Crippen molar-refractivity contribution < 1.29 is 4.74 Å². The van der Waals surface area contributed by atoms with Gasteiger partial charge in [0, 0.05) is 25.5 Å². The van der Waals surface area contributed by atoms with Gasteiger partial charge in [-0.05, 0) is 29.8 Å². The van der Waals surface area contributed by atoms with E-state index >= 15 is 0 Å². The Balaban J connectivity index is 1.58. The molecule has 0 fully saturated rings. The van der Waals surface area contributed by atoms with Crippen LogP contribution in [0, 0.1) is 0 Å². The molecule has 4 nitrogen and oxygen atoms in total. The SMILES string of the molecule is COc1ccc(CNCc2cn3ccccc3n2)cc1. The summed E-state index contributed by atoms with van der Waals surface area (Å²) < 4.78 is 7.18. The second-order valence-electron chi connectivity index (χ2n) is 4.65. The molecule has 2 aromatic heterocycles. The predicted octanol–water partition coefficient (Wildman–Crippen LogP) is 2.63. The van der Waals surface area contributed by atoms with E-state index in [1.54, 1.807) is 7.11 Å². The molecular weight excluding hydrogens is 250 g/mol. The third kappa shape index (κ3) is 2.81. The van der Waals surface area contributed by atoms with E-state index in [9.17, 15) is 0 Å². The predicted molar refractivity (Wildman–Crippen MR) is 78.7 cm³/mol. The van der Waals surface area contributed by atoms with Crippen molar-refractivity contribution in [3.8, 4) is 5.75 Å². The van der Waals surface area contributed by atoms with Gasteiger partial charge in [0.25, 0.3) is 0 Å². The van der Waals surface area contributed by atoms with Crippen molar-refractivity contribution >= 4 is 5.65 Å². The number of rotatable bonds is 5. The number of benzene rings is 1. The molecule has 0 saturated carbocycles. The van der Waals surface area contributed by atoms with Gasteiger partial charge in [-0.25, -0.2) is 4.98 Å². The lowest BCUT2D eigenvalue weighted by Crippen LogP contribution is -2.12. The minimum absolute atomic E-state index is 0.758. The van der Waals surface area contributed by atoms with Crippen molar-refractivity contribution in [2.24, 2.45) is 0 Å². The summed E-state index contributed by atoms with van der Waals surface area (Å²) in [6, 6.07) is 14.1. The lowest BCUT2D eigenvalue weighted by atomic mass is 10.2. The molecule has 0 aliphatic carbocycles. The average molecular weight is 267 g/mol. The van der Waals surface area contributed by atoms with Crippen LogP contribution in [0.1, 0.15) is 11.3 Å². The quantitative estimate of drug-likeness (QED) is 0.772. The van der Waals surface area contributed by atoms with Gasteiger partial charge in [0.05, 0.1) is 12.8 Å². The molecule has 102 valence electrons. The monoisotopic (exact) mass is 267 g/mol. The van der Waals surface area contributed by atoms with Crippen LogP contribution in [0.15, 0.2) is 54.9 Å². The molecule has 0 saturated heterocycles. The normalized spacial score (nSPS) is 10.8. The molecule has 0 bridgehead atoms. The minimum atomic E-state index is 0.758. The first kappa shape index (κ1) is 12.7. The van der Waals surface area contributed by atoms with E-state index in [0.717, 1.165) is 30.2 Å². The molecule has 20 heavy (non-hydrogen) atoms. The van der Waals surface area contributed by atoms with Crippen LogP contribution in [0.2, 0.25) is 0 Å². The number of methoxy groups -OCH3 is 1. The van der Waals surface area contributed by atoms with Crippen molar-refractivity contribution in [2.75, 3.05) is 7.11 Å². The molecule has 0 aliphatic heterocycles. The number of ether oxygens (including phenoxy) is 1. The number of aromatic nitrogens is 2. The standard InChI is InChI=1S/C16H17N3O/c1-20-15-7-5-13(6-8-15)10-17-11-14-12-19-9-3-2-4-16(19)18-14/h2-9,12,17H,10-11H2,1H3. The molecule has 1 N–H and O–H groups in total. The Bertz CT molecular complexity index is 655. The van der Waals surface area contributed by atoms with Gasteiger partial charge >= 0.3 is 0 Å². The maximum Gasteiger partial charge on any atom is 0.137 e. The molecule has 1 aromatic carbocycles. The number of nitrogens with one attached hydrogen (secondary N) is 1. The number of imidazole rings is 1. The highest BCUT2D eigenvalue weighted by Gasteiger charge is 2.00. The first-order valence-electron chi connectivity index (χ1n) is 6.61. The number of hydrogen-bond acceptors (Lipinski definition) is 3. The highest BCUT2D eigenvalue weighted by molar-refractivity contribution is 5.39. The van der Waals surface area contributed by atoms with Crippen LogP contribution in [-0.2, 0) is 13.1 Å². The molecule has 3 rings (SSSR count). The van der Waals surface area contributed by atoms with Crippen LogP contribution in [-0.4, -0.2) is 16.5 Å². The van der Waals surface area contributed by atoms with Crippen LogP contribution in [0.3, 0.4) is 0 Å². The molecule has 0 amide bonds. The van der Waals surface area contributed by atoms with E-state index in [4.69, 9.17) is 4.74 Å². The van der Waals surface area contributed by atoms with Crippen molar-refractivity contribution in [1.29, 1.82) is 0 Å². The van der Waals surface area contributed by atoms with E-state index in [1.807, 2.05) is 40.9 Å². The number of pyridine rings is 1. The summed E-state index contributed by atoms with van der Waals surface area (Å²) in [6.07, 6.45) is 4.06. The Labute approximate surface area is 118 Å². The lowest BCUT2D eigenvalue weighted by Gasteiger charge is -2.04. The molecule has 0 spiro atoms. The molecule has 3 aromatic rings. The Kier molecular flexibility index (Phi) is 3.65. The third-order valence-corrected chi connectivity index (χ3v) is 3.21. The molecular formula is C16H17N3O. The highest BCUT2D eigenvalue weighted by Crippen LogP contribution is 2.11. The Morgan fingerprint density at radius 1 is 1.10 bits per heavy atom. The Morgan fingerprint density at radius 2 is 1.95 bits per heavy atom. The number of fused-ring (bicyclic) bond motifs is 1. The Hall–Kier alpha value is -2.33. The maximum atomic E-state index is 5.14. The minimum Gasteiger partial charge on any atom is -0.497 e. The van der Waals surface area contributed by atoms with Gasteiger partial charge < -0.3 is 14.5 Å². The molecule has 0 radical (unpaired) electrons. The molecule has 0 aliphatic rings. The van der Waals surface area contributed by atoms with Crippen LogP contribution in [0.25, 0.3) is 5.65 Å². The van der Waals surface area contributed by atoms with E-state index in [-0.39, 0.29) is 0 Å². The summed E-state index contributed by atoms with van der Waals surface area (Å²) >= 11 is 0. The van der Waals surface area contributed by atoms with Crippen LogP contribution in [0.4, 0.5) is 0 Å². The van der Waals surface area contributed by atoms with Gasteiger partial charge in [0.1, 0.15) is 11.4 Å². The van der Waals surface area contributed by atoms with Gasteiger partial charge in [-0.15, -0.1) is 0 Å². The second kappa shape index (κ2) is 5.75. The summed E-state index contributed by atoms with van der Waals surface area (Å²) in [7, 11) is 1.68. The van der Waals surface area contributed by atoms with Crippen molar-refractivity contribution in [3.63, 3.8) is 0 Å². The summed E-state index contributed by atoms with van der Waals surface area (Å²) in [4.78, 5) is 4.55. The first-order valence-corrected chi connectivity index (χ1v) is 6.61. The fourth-order valence-corrected chi connectivity index (χ4v) is 2.15. The van der Waals surface area contributed by atoms with E-state index in [1.165, 1.54) is 5.56 Å². The largest absolute Gasteiger partial charge is 0.497 e. The number of nitrogens with zero attached hydrogens (tertiary/aromatic N) is 2. The number of hydrogen-bond donors (Lipinski definition) is 1. The molecule has 0 unspecified atom stereocenters. The summed E-state index contributed by atoms with van der Waals surface area (Å²) in [5, 5.41) is 3.40. The van der Waals surface area contributed by atoms with Crippen molar-refractivity contribution in [1.82, 2.24) is 14.7 Å². The van der Waals surface area contributed by atoms with E-state index in [0.29, 0.717) is 0 Å². The van der Waals surface area contributed by atoms with Crippen molar-refractivity contribution in [3.05, 3.63) is 66.1 Å². The summed E-state index contributed by atoms with van der Waals surface area (Å²) in [5.74, 6) is 0.883. The van der Waals surface area contributed by atoms with Gasteiger partial charge in [0.15, 0.2) is 0 Å². The van der Waals surface area contributed by atoms with Crippen LogP contribution < -0.4 is 10.1 Å². The fraction of sp³-hybridized carbons (Fsp3) is 0.188. The van der Waals surface area contributed by atoms with Gasteiger partial charge in [-0.1, -0.05) is 18.2 Å². The van der Waals surface area contributed by atoms with Gasteiger partial charge in [-0.3, -0.25) is 0 Å². The fourth-order valence-electron chi connectivity index (χ4n) is 2.15. The maximum absolute atomic E-state index is 5.14. The zero-order valence-electron chi connectivity index (χ0n) is 11.4. The van der Waals surface area contributed by atoms with E-state index < -0.39 is 0 Å². The van der Waals surface area contributed by atoms with Crippen molar-refractivity contribution in [2.45, 2.75) is 13.1 Å². The molecule has 0 atom stereocenters. The summed E-state index contributed by atoms with van der Waals surface area (Å²) in [5.41, 5.74) is 3.26. The third-order valence-electron chi connectivity index (χ3n) is 3.21. The molecule has 2 heterocycles. The zero-order chi connectivity index (χ0) is 13.8. The Morgan fingerprint density at radius 3 is 2.70 bits per heavy atom. The first-order chi connectivity index (χ1) is 9.85. The highest BCUT2D eigenvalue weighted by atomic mass is 16.5. The summed E-state index contributed by atoms with van der Waals surface area (Å²) in [6.45, 7) is 1.57. The van der Waals surface area contributed by atoms with Crippen LogP contribution in [0.5, 0.6) is 5.75 Å². The van der Waals surface area contributed by atoms with Gasteiger partial charge in [-0.2, -0.15) is 0 Å². The van der Waals surface area contributed by atoms with Gasteiger partial charge in [0.2, 0.25) is 0 Å². The van der Waals surface area contributed by atoms with E-state index in [2.05, 4.69) is 28.6 Å². The smallest absolute Gasteiger partial charge is 0.137 e. The second-order valence-corrected chi connectivity index (χ2v) is 4.65. The van der Waals surface area contributed by atoms with Crippen LogP contribution >= 0.6 is 0 Å². The topological polar surface area (TPSA) is 38.6 Å².